The van der Waals surface area contributed by atoms with E-state index in [1.807, 2.05) is 27.7 Å². The van der Waals surface area contributed by atoms with E-state index in [9.17, 15) is 24.6 Å². The molecule has 0 unspecified atom stereocenters. The standard InChI is InChI=1S/C22H30O5/c1-5-6-7-11-16-18(22(26)27)19(23)17(21(25)20(16)24)13-12-15(4)10-8-9-14(2)3/h9,12,23H,5-8,10-11,13H2,1-4H3,(H,26,27)/p-1/b15-12+. The van der Waals surface area contributed by atoms with Crippen molar-refractivity contribution in [3.05, 3.63) is 45.8 Å². The molecule has 0 amide bonds. The van der Waals surface area contributed by atoms with E-state index < -0.39 is 28.9 Å². The minimum absolute atomic E-state index is 0.0108. The third-order valence-corrected chi connectivity index (χ3v) is 4.55. The number of allylic oxidation sites excluding steroid dienone is 6. The number of unbranched alkanes of at least 4 members (excludes halogenated alkanes) is 2. The summed E-state index contributed by atoms with van der Waals surface area (Å²) in [6.07, 6.45) is 7.86. The molecule has 0 saturated carbocycles. The summed E-state index contributed by atoms with van der Waals surface area (Å²) in [5, 5.41) is 22.0. The van der Waals surface area contributed by atoms with Crippen molar-refractivity contribution in [3.63, 3.8) is 0 Å². The second kappa shape index (κ2) is 10.7. The number of carboxylic acid groups (broad SMARTS) is 1. The Hall–Kier alpha value is -2.43. The smallest absolute Gasteiger partial charge is 0.335 e. The Morgan fingerprint density at radius 1 is 1.04 bits per heavy atom. The highest BCUT2D eigenvalue weighted by atomic mass is 16.4. The largest absolute Gasteiger partial charge is 0.872 e. The summed E-state index contributed by atoms with van der Waals surface area (Å²) >= 11 is 0. The molecule has 1 N–H and O–H groups in total. The summed E-state index contributed by atoms with van der Waals surface area (Å²) in [5.41, 5.74) is 1.30. The van der Waals surface area contributed by atoms with E-state index in [2.05, 4.69) is 6.08 Å². The van der Waals surface area contributed by atoms with Crippen LogP contribution >= 0.6 is 0 Å². The van der Waals surface area contributed by atoms with Gasteiger partial charge < -0.3 is 10.2 Å². The fraction of sp³-hybridized carbons (Fsp3) is 0.500. The minimum Gasteiger partial charge on any atom is -0.872 e. The summed E-state index contributed by atoms with van der Waals surface area (Å²) in [7, 11) is 0. The molecule has 5 nitrogen and oxygen atoms in total. The third kappa shape index (κ3) is 6.35. The molecule has 0 atom stereocenters. The number of hydrogen-bond acceptors (Lipinski definition) is 4. The maximum atomic E-state index is 12.6. The maximum Gasteiger partial charge on any atom is 0.335 e. The van der Waals surface area contributed by atoms with Crippen LogP contribution in [0.3, 0.4) is 0 Å². The van der Waals surface area contributed by atoms with Crippen LogP contribution in [0.25, 0.3) is 0 Å². The third-order valence-electron chi connectivity index (χ3n) is 4.55. The van der Waals surface area contributed by atoms with Gasteiger partial charge in [-0.3, -0.25) is 9.59 Å². The average molecular weight is 373 g/mol. The molecular weight excluding hydrogens is 344 g/mol. The molecule has 0 fully saturated rings. The van der Waals surface area contributed by atoms with Gasteiger partial charge in [0.15, 0.2) is 0 Å². The van der Waals surface area contributed by atoms with Crippen LogP contribution in [0.2, 0.25) is 0 Å². The Morgan fingerprint density at radius 3 is 2.22 bits per heavy atom. The lowest BCUT2D eigenvalue weighted by Crippen LogP contribution is -2.32. The van der Waals surface area contributed by atoms with Crippen LogP contribution in [-0.2, 0) is 14.4 Å². The Morgan fingerprint density at radius 2 is 1.67 bits per heavy atom. The van der Waals surface area contributed by atoms with Gasteiger partial charge in [-0.15, -0.1) is 0 Å². The van der Waals surface area contributed by atoms with Gasteiger partial charge in [-0.1, -0.05) is 48.8 Å². The van der Waals surface area contributed by atoms with Crippen molar-refractivity contribution in [2.45, 2.75) is 72.6 Å². The Labute approximate surface area is 161 Å². The van der Waals surface area contributed by atoms with E-state index >= 15 is 0 Å². The van der Waals surface area contributed by atoms with Crippen molar-refractivity contribution in [3.8, 4) is 0 Å². The van der Waals surface area contributed by atoms with E-state index in [0.29, 0.717) is 6.42 Å². The van der Waals surface area contributed by atoms with E-state index in [-0.39, 0.29) is 24.0 Å². The average Bonchev–Trinajstić information content (AvgIpc) is 2.58. The number of carboxylic acids is 1. The molecule has 1 rings (SSSR count). The summed E-state index contributed by atoms with van der Waals surface area (Å²) in [4.78, 5) is 36.4. The summed E-state index contributed by atoms with van der Waals surface area (Å²) < 4.78 is 0. The van der Waals surface area contributed by atoms with Crippen molar-refractivity contribution < 1.29 is 24.6 Å². The normalized spacial score (nSPS) is 15.5. The predicted molar refractivity (Wildman–Crippen MR) is 103 cm³/mol. The topological polar surface area (TPSA) is 94.5 Å². The van der Waals surface area contributed by atoms with Crippen molar-refractivity contribution in [1.29, 1.82) is 0 Å². The van der Waals surface area contributed by atoms with Gasteiger partial charge in [0.1, 0.15) is 0 Å². The van der Waals surface area contributed by atoms with Gasteiger partial charge in [0.25, 0.3) is 0 Å². The monoisotopic (exact) mass is 373 g/mol. The Bertz CT molecular complexity index is 728. The van der Waals surface area contributed by atoms with Gasteiger partial charge in [0.05, 0.1) is 5.57 Å². The number of aliphatic carboxylic acids is 1. The number of carbonyl (C=O) groups is 3. The van der Waals surface area contributed by atoms with Crippen LogP contribution in [0.1, 0.15) is 72.6 Å². The van der Waals surface area contributed by atoms with Gasteiger partial charge >= 0.3 is 5.97 Å². The van der Waals surface area contributed by atoms with Crippen LogP contribution in [-0.4, -0.2) is 22.6 Å². The second-order valence-corrected chi connectivity index (χ2v) is 7.16. The van der Waals surface area contributed by atoms with Gasteiger partial charge in [-0.25, -0.2) is 4.79 Å². The van der Waals surface area contributed by atoms with Crippen molar-refractivity contribution in [2.24, 2.45) is 0 Å². The first-order valence-corrected chi connectivity index (χ1v) is 9.45. The molecule has 0 heterocycles. The number of hydrogen-bond donors (Lipinski definition) is 1. The van der Waals surface area contributed by atoms with E-state index in [0.717, 1.165) is 31.3 Å². The summed E-state index contributed by atoms with van der Waals surface area (Å²) in [6, 6.07) is 0. The van der Waals surface area contributed by atoms with E-state index in [4.69, 9.17) is 0 Å². The minimum atomic E-state index is -1.44. The SMILES string of the molecule is CCCCCC1=C(C(=O)O)C([O-])=C(C/C=C(\C)CCC=C(C)C)C(=O)C1=O. The molecule has 1 aliphatic carbocycles. The quantitative estimate of drug-likeness (QED) is 0.272. The zero-order valence-corrected chi connectivity index (χ0v) is 16.7. The highest BCUT2D eigenvalue weighted by molar-refractivity contribution is 6.51. The lowest BCUT2D eigenvalue weighted by atomic mass is 9.84. The van der Waals surface area contributed by atoms with Crippen LogP contribution in [0, 0.1) is 0 Å². The van der Waals surface area contributed by atoms with Gasteiger partial charge in [-0.05, 0) is 52.9 Å². The van der Waals surface area contributed by atoms with Gasteiger partial charge in [0, 0.05) is 11.1 Å². The first kappa shape index (κ1) is 22.6. The zero-order chi connectivity index (χ0) is 20.6. The first-order chi connectivity index (χ1) is 12.7. The Balaban J connectivity index is 3.11. The van der Waals surface area contributed by atoms with Gasteiger partial charge in [0.2, 0.25) is 11.6 Å². The first-order valence-electron chi connectivity index (χ1n) is 9.45. The van der Waals surface area contributed by atoms with Crippen molar-refractivity contribution in [1.82, 2.24) is 0 Å². The fourth-order valence-corrected chi connectivity index (χ4v) is 2.95. The number of Topliss-reactive ketones (excluding diaryl/α,β-unsaturated/α-hetero) is 2. The van der Waals surface area contributed by atoms with Crippen molar-refractivity contribution >= 4 is 17.5 Å². The van der Waals surface area contributed by atoms with Crippen LogP contribution in [0.5, 0.6) is 0 Å². The molecule has 0 bridgehead atoms. The lowest BCUT2D eigenvalue weighted by molar-refractivity contribution is -0.299. The van der Waals surface area contributed by atoms with Crippen molar-refractivity contribution in [2.75, 3.05) is 0 Å². The molecule has 27 heavy (non-hydrogen) atoms. The van der Waals surface area contributed by atoms with Crippen LogP contribution < -0.4 is 5.11 Å². The maximum absolute atomic E-state index is 12.6. The van der Waals surface area contributed by atoms with E-state index in [1.165, 1.54) is 5.57 Å². The van der Waals surface area contributed by atoms with E-state index in [1.54, 1.807) is 6.08 Å². The molecule has 148 valence electrons. The molecule has 0 aliphatic heterocycles. The van der Waals surface area contributed by atoms with Gasteiger partial charge in [-0.2, -0.15) is 0 Å². The highest BCUT2D eigenvalue weighted by Crippen LogP contribution is 2.29. The summed E-state index contributed by atoms with van der Waals surface area (Å²) in [6.45, 7) is 7.89. The predicted octanol–water partition coefficient (Wildman–Crippen LogP) is 3.80. The molecule has 0 spiro atoms. The molecule has 0 aromatic rings. The number of rotatable bonds is 10. The fourth-order valence-electron chi connectivity index (χ4n) is 2.95. The molecule has 0 aromatic heterocycles. The Kier molecular flexibility index (Phi) is 8.92. The molecule has 1 aliphatic rings. The number of ketones is 2. The summed E-state index contributed by atoms with van der Waals surface area (Å²) in [5.74, 6) is -3.94. The van der Waals surface area contributed by atoms with Crippen LogP contribution in [0.15, 0.2) is 45.8 Å². The number of carbonyl (C=O) groups excluding carboxylic acids is 2. The second-order valence-electron chi connectivity index (χ2n) is 7.16. The molecule has 0 aromatic carbocycles. The molecule has 0 radical (unpaired) electrons. The lowest BCUT2D eigenvalue weighted by Gasteiger charge is -2.26. The highest BCUT2D eigenvalue weighted by Gasteiger charge is 2.32. The molecule has 5 heteroatoms. The molecule has 0 saturated heterocycles. The zero-order valence-electron chi connectivity index (χ0n) is 16.7. The molecular formula is C22H29O5-. The van der Waals surface area contributed by atoms with Crippen LogP contribution in [0.4, 0.5) is 0 Å².